The Bertz CT molecular complexity index is 621. The van der Waals surface area contributed by atoms with Crippen molar-refractivity contribution in [1.82, 2.24) is 4.98 Å². The minimum absolute atomic E-state index is 0.366. The fourth-order valence-electron chi connectivity index (χ4n) is 1.97. The number of aromatic nitrogens is 1. The van der Waals surface area contributed by atoms with Crippen LogP contribution in [0, 0.1) is 25.2 Å². The molecule has 0 aliphatic heterocycles. The SMILES string of the molecule is Cc1cc(C)c(OCc2ccnc(C#N)c2)c(N)c1. The molecule has 2 N–H and O–H groups in total. The molecule has 0 amide bonds. The van der Waals surface area contributed by atoms with Gasteiger partial charge < -0.3 is 10.5 Å². The number of nitrogen functional groups attached to an aromatic ring is 1. The third kappa shape index (κ3) is 3.02. The number of hydrogen-bond acceptors (Lipinski definition) is 4. The number of benzene rings is 1. The predicted molar refractivity (Wildman–Crippen MR) is 73.6 cm³/mol. The van der Waals surface area contributed by atoms with Crippen molar-refractivity contribution in [3.63, 3.8) is 0 Å². The first-order chi connectivity index (χ1) is 9.10. The zero-order valence-electron chi connectivity index (χ0n) is 11.0. The van der Waals surface area contributed by atoms with Gasteiger partial charge >= 0.3 is 0 Å². The third-order valence-electron chi connectivity index (χ3n) is 2.77. The summed E-state index contributed by atoms with van der Waals surface area (Å²) in [6, 6.07) is 9.44. The molecule has 0 unspecified atom stereocenters. The van der Waals surface area contributed by atoms with Crippen LogP contribution in [0.15, 0.2) is 30.5 Å². The van der Waals surface area contributed by atoms with Gasteiger partial charge in [0.15, 0.2) is 0 Å². The molecule has 0 spiro atoms. The molecular weight excluding hydrogens is 238 g/mol. The van der Waals surface area contributed by atoms with Crippen molar-refractivity contribution < 1.29 is 4.74 Å². The molecule has 4 nitrogen and oxygen atoms in total. The highest BCUT2D eigenvalue weighted by Crippen LogP contribution is 2.28. The Morgan fingerprint density at radius 1 is 1.32 bits per heavy atom. The van der Waals surface area contributed by atoms with Crippen molar-refractivity contribution in [3.05, 3.63) is 52.8 Å². The van der Waals surface area contributed by atoms with Gasteiger partial charge in [0, 0.05) is 6.20 Å². The molecule has 0 fully saturated rings. The van der Waals surface area contributed by atoms with Gasteiger partial charge in [-0.05, 0) is 48.7 Å². The molecule has 96 valence electrons. The summed E-state index contributed by atoms with van der Waals surface area (Å²) in [4.78, 5) is 3.92. The molecule has 0 bridgehead atoms. The van der Waals surface area contributed by atoms with Gasteiger partial charge in [-0.25, -0.2) is 4.98 Å². The van der Waals surface area contributed by atoms with Gasteiger partial charge in [0.25, 0.3) is 0 Å². The summed E-state index contributed by atoms with van der Waals surface area (Å²) in [6.07, 6.45) is 1.60. The van der Waals surface area contributed by atoms with Crippen LogP contribution in [0.3, 0.4) is 0 Å². The Kier molecular flexibility index (Phi) is 3.67. The van der Waals surface area contributed by atoms with Crippen LogP contribution in [0.25, 0.3) is 0 Å². The second kappa shape index (κ2) is 5.40. The molecule has 2 aromatic rings. The van der Waals surface area contributed by atoms with Gasteiger partial charge in [-0.1, -0.05) is 6.07 Å². The first-order valence-corrected chi connectivity index (χ1v) is 5.94. The minimum atomic E-state index is 0.366. The summed E-state index contributed by atoms with van der Waals surface area (Å²) < 4.78 is 5.75. The maximum atomic E-state index is 8.79. The van der Waals surface area contributed by atoms with E-state index < -0.39 is 0 Å². The summed E-state index contributed by atoms with van der Waals surface area (Å²) in [6.45, 7) is 4.33. The van der Waals surface area contributed by atoms with Crippen LogP contribution in [0.2, 0.25) is 0 Å². The Balaban J connectivity index is 2.17. The summed E-state index contributed by atoms with van der Waals surface area (Å²) in [5, 5.41) is 8.79. The van der Waals surface area contributed by atoms with E-state index in [0.717, 1.165) is 16.7 Å². The van der Waals surface area contributed by atoms with E-state index in [-0.39, 0.29) is 0 Å². The molecular formula is C15H15N3O. The second-order valence-electron chi connectivity index (χ2n) is 4.45. The van der Waals surface area contributed by atoms with E-state index in [9.17, 15) is 0 Å². The van der Waals surface area contributed by atoms with Crippen LogP contribution < -0.4 is 10.5 Å². The third-order valence-corrected chi connectivity index (χ3v) is 2.77. The van der Waals surface area contributed by atoms with Crippen molar-refractivity contribution in [3.8, 4) is 11.8 Å². The highest BCUT2D eigenvalue weighted by molar-refractivity contribution is 5.58. The van der Waals surface area contributed by atoms with E-state index in [1.165, 1.54) is 0 Å². The number of rotatable bonds is 3. The molecule has 0 radical (unpaired) electrons. The first kappa shape index (κ1) is 12.9. The van der Waals surface area contributed by atoms with Crippen LogP contribution in [0.4, 0.5) is 5.69 Å². The van der Waals surface area contributed by atoms with Crippen LogP contribution in [-0.2, 0) is 6.61 Å². The molecule has 2 rings (SSSR count). The Hall–Kier alpha value is -2.54. The largest absolute Gasteiger partial charge is 0.486 e. The first-order valence-electron chi connectivity index (χ1n) is 5.94. The molecule has 0 saturated heterocycles. The van der Waals surface area contributed by atoms with Crippen molar-refractivity contribution in [2.24, 2.45) is 0 Å². The van der Waals surface area contributed by atoms with Gasteiger partial charge in [0.05, 0.1) is 5.69 Å². The number of anilines is 1. The maximum Gasteiger partial charge on any atom is 0.145 e. The number of pyridine rings is 1. The van der Waals surface area contributed by atoms with Gasteiger partial charge in [-0.15, -0.1) is 0 Å². The average molecular weight is 253 g/mol. The van der Waals surface area contributed by atoms with Crippen LogP contribution in [0.1, 0.15) is 22.4 Å². The van der Waals surface area contributed by atoms with Crippen molar-refractivity contribution in [2.75, 3.05) is 5.73 Å². The predicted octanol–water partition coefficient (Wildman–Crippen LogP) is 2.73. The molecule has 1 aromatic heterocycles. The Morgan fingerprint density at radius 2 is 2.11 bits per heavy atom. The molecule has 0 aliphatic rings. The smallest absolute Gasteiger partial charge is 0.145 e. The summed E-state index contributed by atoms with van der Waals surface area (Å²) in [5.41, 5.74) is 9.98. The van der Waals surface area contributed by atoms with Crippen molar-refractivity contribution in [1.29, 1.82) is 5.26 Å². The lowest BCUT2D eigenvalue weighted by atomic mass is 10.1. The van der Waals surface area contributed by atoms with Crippen molar-refractivity contribution in [2.45, 2.75) is 20.5 Å². The number of hydrogen-bond donors (Lipinski definition) is 1. The standard InChI is InChI=1S/C15H15N3O/c1-10-5-11(2)15(14(17)6-10)19-9-12-3-4-18-13(7-12)8-16/h3-7H,9,17H2,1-2H3. The number of nitriles is 1. The average Bonchev–Trinajstić information content (AvgIpc) is 2.37. The minimum Gasteiger partial charge on any atom is -0.486 e. The van der Waals surface area contributed by atoms with Crippen LogP contribution in [-0.4, -0.2) is 4.98 Å². The zero-order valence-corrected chi connectivity index (χ0v) is 11.0. The zero-order chi connectivity index (χ0) is 13.8. The van der Waals surface area contributed by atoms with E-state index in [4.69, 9.17) is 15.7 Å². The fraction of sp³-hybridized carbons (Fsp3) is 0.200. The Morgan fingerprint density at radius 3 is 2.79 bits per heavy atom. The van der Waals surface area contributed by atoms with Crippen molar-refractivity contribution >= 4 is 5.69 Å². The van der Waals surface area contributed by atoms with E-state index >= 15 is 0 Å². The lowest BCUT2D eigenvalue weighted by Crippen LogP contribution is -2.01. The molecule has 19 heavy (non-hydrogen) atoms. The molecule has 0 atom stereocenters. The summed E-state index contributed by atoms with van der Waals surface area (Å²) >= 11 is 0. The van der Waals surface area contributed by atoms with Crippen LogP contribution >= 0.6 is 0 Å². The quantitative estimate of drug-likeness (QED) is 0.854. The molecule has 0 aliphatic carbocycles. The highest BCUT2D eigenvalue weighted by Gasteiger charge is 2.06. The highest BCUT2D eigenvalue weighted by atomic mass is 16.5. The summed E-state index contributed by atoms with van der Waals surface area (Å²) in [7, 11) is 0. The Labute approximate surface area is 112 Å². The molecule has 0 saturated carbocycles. The second-order valence-corrected chi connectivity index (χ2v) is 4.45. The molecule has 1 aromatic carbocycles. The van der Waals surface area contributed by atoms with Crippen LogP contribution in [0.5, 0.6) is 5.75 Å². The molecule has 4 heteroatoms. The number of nitrogens with two attached hydrogens (primary N) is 1. The molecule has 1 heterocycles. The number of ether oxygens (including phenoxy) is 1. The topological polar surface area (TPSA) is 71.9 Å². The van der Waals surface area contributed by atoms with E-state index in [2.05, 4.69) is 4.98 Å². The van der Waals surface area contributed by atoms with Gasteiger partial charge in [0.1, 0.15) is 24.1 Å². The van der Waals surface area contributed by atoms with E-state index in [1.807, 2.05) is 38.1 Å². The van der Waals surface area contributed by atoms with E-state index in [1.54, 1.807) is 12.3 Å². The van der Waals surface area contributed by atoms with E-state index in [0.29, 0.717) is 23.7 Å². The fourth-order valence-corrected chi connectivity index (χ4v) is 1.97. The van der Waals surface area contributed by atoms with Gasteiger partial charge in [-0.3, -0.25) is 0 Å². The van der Waals surface area contributed by atoms with Gasteiger partial charge in [-0.2, -0.15) is 5.26 Å². The lowest BCUT2D eigenvalue weighted by molar-refractivity contribution is 0.305. The normalized spacial score (nSPS) is 9.95. The lowest BCUT2D eigenvalue weighted by Gasteiger charge is -2.12. The number of nitrogens with zero attached hydrogens (tertiary/aromatic N) is 2. The number of aryl methyl sites for hydroxylation is 2. The monoisotopic (exact) mass is 253 g/mol. The van der Waals surface area contributed by atoms with Gasteiger partial charge in [0.2, 0.25) is 0 Å². The maximum absolute atomic E-state index is 8.79. The summed E-state index contributed by atoms with van der Waals surface area (Å²) in [5.74, 6) is 0.695.